The first-order valence-electron chi connectivity index (χ1n) is 5.28. The largest absolute Gasteiger partial charge is 0.307 e. The summed E-state index contributed by atoms with van der Waals surface area (Å²) < 4.78 is 2.48. The first-order valence-corrected chi connectivity index (χ1v) is 6.07. The summed E-state index contributed by atoms with van der Waals surface area (Å²) in [5.41, 5.74) is 3.10. The zero-order valence-corrected chi connectivity index (χ0v) is 11.6. The maximum absolute atomic E-state index is 4.40. The first kappa shape index (κ1) is 12.2. The fraction of sp³-hybridized carbons (Fsp3) is 0.364. The Kier molecular flexibility index (Phi) is 3.54. The van der Waals surface area contributed by atoms with Crippen molar-refractivity contribution in [2.45, 2.75) is 13.0 Å². The van der Waals surface area contributed by atoms with Gasteiger partial charge < -0.3 is 5.32 Å². The van der Waals surface area contributed by atoms with Gasteiger partial charge in [0.1, 0.15) is 0 Å². The summed E-state index contributed by atoms with van der Waals surface area (Å²) in [5.74, 6) is 0. The highest BCUT2D eigenvalue weighted by Gasteiger charge is 2.21. The Bertz CT molecular complexity index is 503. The molecule has 5 nitrogen and oxygen atoms in total. The van der Waals surface area contributed by atoms with Crippen molar-refractivity contribution in [1.82, 2.24) is 25.3 Å². The van der Waals surface area contributed by atoms with Gasteiger partial charge in [0, 0.05) is 13.2 Å². The molecule has 1 unspecified atom stereocenters. The number of rotatable bonds is 3. The van der Waals surface area contributed by atoms with E-state index in [-0.39, 0.29) is 6.04 Å². The summed E-state index contributed by atoms with van der Waals surface area (Å²) in [5, 5.41) is 11.2. The van der Waals surface area contributed by atoms with E-state index in [2.05, 4.69) is 49.5 Å². The molecule has 17 heavy (non-hydrogen) atoms. The first-order chi connectivity index (χ1) is 8.13. The zero-order valence-electron chi connectivity index (χ0n) is 9.98. The van der Waals surface area contributed by atoms with Crippen LogP contribution in [-0.2, 0) is 7.05 Å². The van der Waals surface area contributed by atoms with Crippen molar-refractivity contribution in [3.8, 4) is 0 Å². The summed E-state index contributed by atoms with van der Waals surface area (Å²) >= 11 is 3.41. The molecule has 2 heterocycles. The smallest absolute Gasteiger partial charge is 0.153 e. The highest BCUT2D eigenvalue weighted by molar-refractivity contribution is 9.10. The number of halogens is 1. The van der Waals surface area contributed by atoms with Crippen molar-refractivity contribution in [3.63, 3.8) is 0 Å². The number of aromatic nitrogens is 4. The molecular formula is C11H14BrN5. The minimum atomic E-state index is -0.0238. The van der Waals surface area contributed by atoms with E-state index in [1.807, 2.05) is 26.4 Å². The van der Waals surface area contributed by atoms with Gasteiger partial charge in [0.2, 0.25) is 0 Å². The summed E-state index contributed by atoms with van der Waals surface area (Å²) in [7, 11) is 3.77. The van der Waals surface area contributed by atoms with Crippen LogP contribution in [0.1, 0.15) is 23.0 Å². The SMILES string of the molecule is CNC(c1cc(C)ccn1)c1c(Br)nnn1C. The third-order valence-electron chi connectivity index (χ3n) is 2.62. The van der Waals surface area contributed by atoms with E-state index >= 15 is 0 Å². The van der Waals surface area contributed by atoms with Crippen LogP contribution in [-0.4, -0.2) is 27.0 Å². The van der Waals surface area contributed by atoms with Gasteiger partial charge in [-0.1, -0.05) is 5.21 Å². The van der Waals surface area contributed by atoms with Gasteiger partial charge in [-0.25, -0.2) is 4.68 Å². The van der Waals surface area contributed by atoms with Crippen LogP contribution in [0.2, 0.25) is 0 Å². The molecule has 1 N–H and O–H groups in total. The van der Waals surface area contributed by atoms with E-state index in [1.165, 1.54) is 5.56 Å². The van der Waals surface area contributed by atoms with Crippen LogP contribution in [0.25, 0.3) is 0 Å². The predicted octanol–water partition coefficient (Wildman–Crippen LogP) is 1.59. The second-order valence-corrected chi connectivity index (χ2v) is 4.62. The molecule has 0 saturated carbocycles. The van der Waals surface area contributed by atoms with Crippen LogP contribution in [0.5, 0.6) is 0 Å². The van der Waals surface area contributed by atoms with Crippen LogP contribution >= 0.6 is 15.9 Å². The highest BCUT2D eigenvalue weighted by atomic mass is 79.9. The standard InChI is InChI=1S/C11H14BrN5/c1-7-4-5-14-8(6-7)9(13-2)10-11(12)15-16-17(10)3/h4-6,9,13H,1-3H3. The number of hydrogen-bond acceptors (Lipinski definition) is 4. The van der Waals surface area contributed by atoms with E-state index in [0.717, 1.165) is 16.0 Å². The van der Waals surface area contributed by atoms with E-state index in [9.17, 15) is 0 Å². The molecule has 0 fully saturated rings. The third kappa shape index (κ3) is 2.37. The lowest BCUT2D eigenvalue weighted by Crippen LogP contribution is -2.22. The van der Waals surface area contributed by atoms with Crippen LogP contribution in [0.3, 0.4) is 0 Å². The number of nitrogens with one attached hydrogen (secondary N) is 1. The Hall–Kier alpha value is -1.27. The average Bonchev–Trinajstić information content (AvgIpc) is 2.62. The van der Waals surface area contributed by atoms with E-state index in [1.54, 1.807) is 4.68 Å². The Labute approximate surface area is 108 Å². The van der Waals surface area contributed by atoms with Crippen molar-refractivity contribution >= 4 is 15.9 Å². The molecule has 2 rings (SSSR count). The van der Waals surface area contributed by atoms with Gasteiger partial charge in [0.25, 0.3) is 0 Å². The van der Waals surface area contributed by atoms with Gasteiger partial charge in [-0.3, -0.25) is 4.98 Å². The molecule has 1 atom stereocenters. The van der Waals surface area contributed by atoms with Crippen molar-refractivity contribution < 1.29 is 0 Å². The Balaban J connectivity index is 2.47. The fourth-order valence-electron chi connectivity index (χ4n) is 1.79. The molecular weight excluding hydrogens is 282 g/mol. The Morgan fingerprint density at radius 1 is 1.47 bits per heavy atom. The molecule has 0 bridgehead atoms. The van der Waals surface area contributed by atoms with Crippen LogP contribution in [0.15, 0.2) is 22.9 Å². The summed E-state index contributed by atoms with van der Waals surface area (Å²) in [4.78, 5) is 4.40. The monoisotopic (exact) mass is 295 g/mol. The molecule has 0 amide bonds. The lowest BCUT2D eigenvalue weighted by molar-refractivity contribution is 0.586. The van der Waals surface area contributed by atoms with Gasteiger partial charge in [0.15, 0.2) is 4.60 Å². The van der Waals surface area contributed by atoms with Crippen molar-refractivity contribution in [2.24, 2.45) is 7.05 Å². The van der Waals surface area contributed by atoms with Gasteiger partial charge in [-0.05, 0) is 47.6 Å². The lowest BCUT2D eigenvalue weighted by atomic mass is 10.1. The maximum atomic E-state index is 4.40. The van der Waals surface area contributed by atoms with Gasteiger partial charge in [-0.2, -0.15) is 0 Å². The molecule has 0 aliphatic heterocycles. The molecule has 90 valence electrons. The maximum Gasteiger partial charge on any atom is 0.153 e. The lowest BCUT2D eigenvalue weighted by Gasteiger charge is -2.16. The second-order valence-electron chi connectivity index (χ2n) is 3.87. The average molecular weight is 296 g/mol. The van der Waals surface area contributed by atoms with Gasteiger partial charge in [0.05, 0.1) is 17.4 Å². The molecule has 0 aromatic carbocycles. The predicted molar refractivity (Wildman–Crippen MR) is 68.6 cm³/mol. The number of aryl methyl sites for hydroxylation is 2. The molecule has 0 saturated heterocycles. The molecule has 6 heteroatoms. The summed E-state index contributed by atoms with van der Waals surface area (Å²) in [6, 6.07) is 4.01. The molecule has 2 aromatic heterocycles. The molecule has 2 aromatic rings. The zero-order chi connectivity index (χ0) is 12.4. The van der Waals surface area contributed by atoms with Crippen molar-refractivity contribution in [3.05, 3.63) is 39.9 Å². The number of nitrogens with zero attached hydrogens (tertiary/aromatic N) is 4. The number of hydrogen-bond donors (Lipinski definition) is 1. The molecule has 0 spiro atoms. The molecule has 0 aliphatic carbocycles. The number of pyridine rings is 1. The normalized spacial score (nSPS) is 12.7. The summed E-state index contributed by atoms with van der Waals surface area (Å²) in [6.07, 6.45) is 1.81. The van der Waals surface area contributed by atoms with Gasteiger partial charge >= 0.3 is 0 Å². The second kappa shape index (κ2) is 4.93. The van der Waals surface area contributed by atoms with Crippen LogP contribution < -0.4 is 5.32 Å². The minimum Gasteiger partial charge on any atom is -0.307 e. The topological polar surface area (TPSA) is 55.6 Å². The Morgan fingerprint density at radius 3 is 2.76 bits per heavy atom. The minimum absolute atomic E-state index is 0.0238. The van der Waals surface area contributed by atoms with E-state index in [0.29, 0.717) is 0 Å². The van der Waals surface area contributed by atoms with Crippen LogP contribution in [0.4, 0.5) is 0 Å². The highest BCUT2D eigenvalue weighted by Crippen LogP contribution is 2.25. The quantitative estimate of drug-likeness (QED) is 0.934. The molecule has 0 aliphatic rings. The molecule has 0 radical (unpaired) electrons. The van der Waals surface area contributed by atoms with E-state index < -0.39 is 0 Å². The van der Waals surface area contributed by atoms with Crippen molar-refractivity contribution in [1.29, 1.82) is 0 Å². The fourth-order valence-corrected chi connectivity index (χ4v) is 2.34. The van der Waals surface area contributed by atoms with Crippen molar-refractivity contribution in [2.75, 3.05) is 7.05 Å². The Morgan fingerprint density at radius 2 is 2.24 bits per heavy atom. The summed E-state index contributed by atoms with van der Waals surface area (Å²) in [6.45, 7) is 2.05. The van der Waals surface area contributed by atoms with E-state index in [4.69, 9.17) is 0 Å². The third-order valence-corrected chi connectivity index (χ3v) is 3.19. The van der Waals surface area contributed by atoms with Crippen LogP contribution in [0, 0.1) is 6.92 Å². The van der Waals surface area contributed by atoms with Gasteiger partial charge in [-0.15, -0.1) is 5.10 Å².